The predicted octanol–water partition coefficient (Wildman–Crippen LogP) is 3.61. The molecule has 102 valence electrons. The second-order valence-corrected chi connectivity index (χ2v) is 5.81. The van der Waals surface area contributed by atoms with E-state index >= 15 is 0 Å². The van der Waals surface area contributed by atoms with E-state index in [0.29, 0.717) is 5.56 Å². The summed E-state index contributed by atoms with van der Waals surface area (Å²) in [6, 6.07) is 8.06. The van der Waals surface area contributed by atoms with E-state index < -0.39 is 0 Å². The van der Waals surface area contributed by atoms with Crippen LogP contribution in [0.2, 0.25) is 0 Å². The normalized spacial score (nSPS) is 16.6. The average Bonchev–Trinajstić information content (AvgIpc) is 2.68. The number of hydrogen-bond acceptors (Lipinski definition) is 3. The first-order valence-corrected chi connectivity index (χ1v) is 7.75. The van der Waals surface area contributed by atoms with Crippen LogP contribution in [0.25, 0.3) is 0 Å². The second kappa shape index (κ2) is 7.52. The third-order valence-corrected chi connectivity index (χ3v) is 4.23. The van der Waals surface area contributed by atoms with Crippen molar-refractivity contribution in [2.75, 3.05) is 31.5 Å². The van der Waals surface area contributed by atoms with Crippen LogP contribution in [0.3, 0.4) is 0 Å². The molecule has 0 unspecified atom stereocenters. The Hall–Kier alpha value is -1.05. The van der Waals surface area contributed by atoms with Crippen molar-refractivity contribution in [2.24, 2.45) is 0 Å². The van der Waals surface area contributed by atoms with Gasteiger partial charge >= 0.3 is 0 Å². The van der Waals surface area contributed by atoms with Crippen LogP contribution in [-0.2, 0) is 0 Å². The van der Waals surface area contributed by atoms with E-state index in [9.17, 15) is 0 Å². The van der Waals surface area contributed by atoms with Crippen molar-refractivity contribution < 1.29 is 0 Å². The molecule has 1 aromatic rings. The van der Waals surface area contributed by atoms with E-state index in [1.165, 1.54) is 38.8 Å². The fourth-order valence-corrected chi connectivity index (χ4v) is 2.95. The standard InChI is InChI=1S/C15H20BrN3/c16-14-6-5-7-15(13(14)12-17)18-8-11-19-9-3-1-2-4-10-19/h5-7,18H,1-4,8-11H2. The first kappa shape index (κ1) is 14.4. The molecule has 1 aliphatic rings. The molecule has 1 fully saturated rings. The van der Waals surface area contributed by atoms with E-state index in [-0.39, 0.29) is 0 Å². The fraction of sp³-hybridized carbons (Fsp3) is 0.533. The van der Waals surface area contributed by atoms with Gasteiger partial charge in [-0.05, 0) is 54.0 Å². The summed E-state index contributed by atoms with van der Waals surface area (Å²) in [4.78, 5) is 2.52. The van der Waals surface area contributed by atoms with Crippen LogP contribution in [-0.4, -0.2) is 31.1 Å². The number of nitrogens with one attached hydrogen (secondary N) is 1. The van der Waals surface area contributed by atoms with E-state index in [2.05, 4.69) is 32.2 Å². The molecule has 1 aromatic carbocycles. The van der Waals surface area contributed by atoms with Gasteiger partial charge in [-0.2, -0.15) is 5.26 Å². The first-order chi connectivity index (χ1) is 9.31. The van der Waals surface area contributed by atoms with Crippen LogP contribution in [0.5, 0.6) is 0 Å². The van der Waals surface area contributed by atoms with Gasteiger partial charge in [0.05, 0.1) is 11.3 Å². The zero-order valence-corrected chi connectivity index (χ0v) is 12.7. The van der Waals surface area contributed by atoms with Crippen molar-refractivity contribution >= 4 is 21.6 Å². The van der Waals surface area contributed by atoms with Gasteiger partial charge in [0.15, 0.2) is 0 Å². The number of anilines is 1. The minimum atomic E-state index is 0.693. The summed E-state index contributed by atoms with van der Waals surface area (Å²) in [5.74, 6) is 0. The molecular formula is C15H20BrN3. The predicted molar refractivity (Wildman–Crippen MR) is 82.3 cm³/mol. The van der Waals surface area contributed by atoms with Gasteiger partial charge in [0, 0.05) is 17.6 Å². The van der Waals surface area contributed by atoms with Crippen LogP contribution >= 0.6 is 15.9 Å². The maximum atomic E-state index is 9.15. The van der Waals surface area contributed by atoms with Crippen LogP contribution in [0.4, 0.5) is 5.69 Å². The number of hydrogen-bond donors (Lipinski definition) is 1. The summed E-state index contributed by atoms with van der Waals surface area (Å²) in [5.41, 5.74) is 1.62. The zero-order valence-electron chi connectivity index (χ0n) is 11.2. The Bertz CT molecular complexity index is 445. The third kappa shape index (κ3) is 4.22. The third-order valence-electron chi connectivity index (χ3n) is 3.57. The molecule has 4 heteroatoms. The van der Waals surface area contributed by atoms with Crippen molar-refractivity contribution in [3.63, 3.8) is 0 Å². The molecule has 0 saturated carbocycles. The summed E-state index contributed by atoms with van der Waals surface area (Å²) in [6.45, 7) is 4.37. The molecule has 0 bridgehead atoms. The molecule has 0 amide bonds. The zero-order chi connectivity index (χ0) is 13.5. The molecule has 2 rings (SSSR count). The summed E-state index contributed by atoms with van der Waals surface area (Å²) >= 11 is 3.41. The Labute approximate surface area is 123 Å². The Kier molecular flexibility index (Phi) is 5.68. The van der Waals surface area contributed by atoms with Crippen LogP contribution in [0, 0.1) is 11.3 Å². The average molecular weight is 322 g/mol. The lowest BCUT2D eigenvalue weighted by Crippen LogP contribution is -2.30. The smallest absolute Gasteiger partial charge is 0.103 e. The van der Waals surface area contributed by atoms with Crippen molar-refractivity contribution in [1.82, 2.24) is 4.90 Å². The maximum absolute atomic E-state index is 9.15. The molecule has 0 atom stereocenters. The van der Waals surface area contributed by atoms with Crippen molar-refractivity contribution in [3.05, 3.63) is 28.2 Å². The van der Waals surface area contributed by atoms with E-state index in [1.807, 2.05) is 18.2 Å². The lowest BCUT2D eigenvalue weighted by atomic mass is 10.2. The summed E-state index contributed by atoms with van der Waals surface area (Å²) in [6.07, 6.45) is 5.38. The van der Waals surface area contributed by atoms with Gasteiger partial charge in [-0.15, -0.1) is 0 Å². The van der Waals surface area contributed by atoms with Gasteiger partial charge in [-0.3, -0.25) is 0 Å². The summed E-state index contributed by atoms with van der Waals surface area (Å²) < 4.78 is 0.856. The Morgan fingerprint density at radius 3 is 2.63 bits per heavy atom. The van der Waals surface area contributed by atoms with Crippen LogP contribution in [0.1, 0.15) is 31.2 Å². The molecule has 0 aromatic heterocycles. The fourth-order valence-electron chi connectivity index (χ4n) is 2.49. The number of nitriles is 1. The highest BCUT2D eigenvalue weighted by Gasteiger charge is 2.09. The SMILES string of the molecule is N#Cc1c(Br)cccc1NCCN1CCCCCC1. The van der Waals surface area contributed by atoms with Gasteiger partial charge in [-0.25, -0.2) is 0 Å². The molecule has 0 spiro atoms. The van der Waals surface area contributed by atoms with E-state index in [1.54, 1.807) is 0 Å². The number of halogens is 1. The highest BCUT2D eigenvalue weighted by Crippen LogP contribution is 2.23. The highest BCUT2D eigenvalue weighted by molar-refractivity contribution is 9.10. The quantitative estimate of drug-likeness (QED) is 0.920. The van der Waals surface area contributed by atoms with Crippen molar-refractivity contribution in [2.45, 2.75) is 25.7 Å². The molecule has 1 N–H and O–H groups in total. The lowest BCUT2D eigenvalue weighted by molar-refractivity contribution is 0.296. The minimum Gasteiger partial charge on any atom is -0.383 e. The molecule has 1 heterocycles. The largest absolute Gasteiger partial charge is 0.383 e. The van der Waals surface area contributed by atoms with Crippen molar-refractivity contribution in [3.8, 4) is 6.07 Å². The number of benzene rings is 1. The topological polar surface area (TPSA) is 39.1 Å². The molecule has 1 aliphatic heterocycles. The van der Waals surface area contributed by atoms with Gasteiger partial charge < -0.3 is 10.2 Å². The first-order valence-electron chi connectivity index (χ1n) is 6.96. The molecule has 3 nitrogen and oxygen atoms in total. The minimum absolute atomic E-state index is 0.693. The van der Waals surface area contributed by atoms with E-state index in [4.69, 9.17) is 5.26 Å². The van der Waals surface area contributed by atoms with Gasteiger partial charge in [-0.1, -0.05) is 18.9 Å². The second-order valence-electron chi connectivity index (χ2n) is 4.96. The van der Waals surface area contributed by atoms with Crippen LogP contribution < -0.4 is 5.32 Å². The Morgan fingerprint density at radius 2 is 1.95 bits per heavy atom. The van der Waals surface area contributed by atoms with Crippen molar-refractivity contribution in [1.29, 1.82) is 5.26 Å². The van der Waals surface area contributed by atoms with E-state index in [0.717, 1.165) is 23.2 Å². The number of nitrogens with zero attached hydrogens (tertiary/aromatic N) is 2. The summed E-state index contributed by atoms with van der Waals surface area (Å²) in [5, 5.41) is 12.5. The molecule has 1 saturated heterocycles. The number of likely N-dealkylation sites (tertiary alicyclic amines) is 1. The molecular weight excluding hydrogens is 302 g/mol. The lowest BCUT2D eigenvalue weighted by Gasteiger charge is -2.20. The van der Waals surface area contributed by atoms with Gasteiger partial charge in [0.2, 0.25) is 0 Å². The summed E-state index contributed by atoms with van der Waals surface area (Å²) in [7, 11) is 0. The molecule has 0 radical (unpaired) electrons. The number of rotatable bonds is 4. The maximum Gasteiger partial charge on any atom is 0.103 e. The Balaban J connectivity index is 1.85. The van der Waals surface area contributed by atoms with Gasteiger partial charge in [0.1, 0.15) is 6.07 Å². The monoisotopic (exact) mass is 321 g/mol. The van der Waals surface area contributed by atoms with Gasteiger partial charge in [0.25, 0.3) is 0 Å². The molecule has 0 aliphatic carbocycles. The van der Waals surface area contributed by atoms with Crippen LogP contribution in [0.15, 0.2) is 22.7 Å². The highest BCUT2D eigenvalue weighted by atomic mass is 79.9. The molecule has 19 heavy (non-hydrogen) atoms. The Morgan fingerprint density at radius 1 is 1.21 bits per heavy atom.